The van der Waals surface area contributed by atoms with Crippen molar-refractivity contribution in [3.8, 4) is 0 Å². The van der Waals surface area contributed by atoms with E-state index in [4.69, 9.17) is 23.2 Å². The number of amides is 1. The summed E-state index contributed by atoms with van der Waals surface area (Å²) in [7, 11) is 0. The molecular formula is C22H16Cl2N4O2S. The summed E-state index contributed by atoms with van der Waals surface area (Å²) in [4.78, 5) is 34.4. The summed E-state index contributed by atoms with van der Waals surface area (Å²) in [6, 6.07) is 15.7. The number of para-hydroxylation sites is 1. The molecule has 2 aromatic heterocycles. The van der Waals surface area contributed by atoms with Crippen LogP contribution >= 0.6 is 35.0 Å². The molecule has 0 atom stereocenters. The van der Waals surface area contributed by atoms with Crippen molar-refractivity contribution < 1.29 is 4.79 Å². The molecule has 6 nitrogen and oxygen atoms in total. The quantitative estimate of drug-likeness (QED) is 0.321. The minimum absolute atomic E-state index is 0.0423. The fourth-order valence-electron chi connectivity index (χ4n) is 2.98. The molecule has 9 heteroatoms. The number of halogens is 2. The molecule has 1 amide bonds. The molecule has 0 aliphatic rings. The number of pyridine rings is 1. The first-order valence-corrected chi connectivity index (χ1v) is 11.0. The Morgan fingerprint density at radius 2 is 1.94 bits per heavy atom. The molecular weight excluding hydrogens is 455 g/mol. The third-order valence-corrected chi connectivity index (χ3v) is 5.97. The Balaban J connectivity index is 1.61. The molecule has 156 valence electrons. The van der Waals surface area contributed by atoms with E-state index in [9.17, 15) is 9.59 Å². The van der Waals surface area contributed by atoms with E-state index in [1.165, 1.54) is 11.8 Å². The van der Waals surface area contributed by atoms with Crippen LogP contribution in [0.3, 0.4) is 0 Å². The first-order chi connectivity index (χ1) is 15.0. The second-order valence-corrected chi connectivity index (χ2v) is 8.41. The molecule has 2 heterocycles. The van der Waals surface area contributed by atoms with Crippen LogP contribution in [0, 0.1) is 0 Å². The molecule has 0 aliphatic heterocycles. The van der Waals surface area contributed by atoms with Crippen molar-refractivity contribution in [1.29, 1.82) is 0 Å². The number of carbonyl (C=O) groups is 1. The van der Waals surface area contributed by atoms with Gasteiger partial charge in [0.05, 0.1) is 33.9 Å². The van der Waals surface area contributed by atoms with Crippen molar-refractivity contribution in [2.45, 2.75) is 11.7 Å². The number of rotatable bonds is 6. The Morgan fingerprint density at radius 1 is 1.10 bits per heavy atom. The van der Waals surface area contributed by atoms with Gasteiger partial charge in [-0.25, -0.2) is 4.98 Å². The molecule has 2 aromatic carbocycles. The summed E-state index contributed by atoms with van der Waals surface area (Å²) < 4.78 is 1.56. The molecule has 0 saturated carbocycles. The average molecular weight is 471 g/mol. The summed E-state index contributed by atoms with van der Waals surface area (Å²) in [5, 5.41) is 4.56. The number of aromatic nitrogens is 3. The topological polar surface area (TPSA) is 76.9 Å². The van der Waals surface area contributed by atoms with Gasteiger partial charge < -0.3 is 5.32 Å². The Labute approximate surface area is 192 Å². The number of carbonyl (C=O) groups excluding carboxylic acids is 1. The van der Waals surface area contributed by atoms with Crippen molar-refractivity contribution in [3.05, 3.63) is 93.0 Å². The molecule has 0 fully saturated rings. The van der Waals surface area contributed by atoms with E-state index < -0.39 is 0 Å². The second kappa shape index (κ2) is 9.51. The second-order valence-electron chi connectivity index (χ2n) is 6.63. The standard InChI is InChI=1S/C22H16Cl2N4O2S/c23-15-7-8-17(24)19(10-15)26-20(29)13-31-22-27-18-6-2-1-5-16(18)21(30)28(22)12-14-4-3-9-25-11-14/h1-11H,12-13H2,(H,26,29). The smallest absolute Gasteiger partial charge is 0.262 e. The Kier molecular flexibility index (Phi) is 6.56. The third-order valence-electron chi connectivity index (χ3n) is 4.42. The largest absolute Gasteiger partial charge is 0.324 e. The zero-order chi connectivity index (χ0) is 21.8. The number of anilines is 1. The van der Waals surface area contributed by atoms with Gasteiger partial charge in [0.1, 0.15) is 0 Å². The van der Waals surface area contributed by atoms with Gasteiger partial charge in [-0.15, -0.1) is 0 Å². The lowest BCUT2D eigenvalue weighted by Crippen LogP contribution is -2.25. The van der Waals surface area contributed by atoms with Gasteiger partial charge in [0.25, 0.3) is 5.56 Å². The molecule has 0 aliphatic carbocycles. The van der Waals surface area contributed by atoms with Gasteiger partial charge in [0, 0.05) is 17.4 Å². The van der Waals surface area contributed by atoms with Crippen LogP contribution in [0.2, 0.25) is 10.0 Å². The summed E-state index contributed by atoms with van der Waals surface area (Å²) in [6.07, 6.45) is 3.37. The number of thioether (sulfide) groups is 1. The number of hydrogen-bond acceptors (Lipinski definition) is 5. The summed E-state index contributed by atoms with van der Waals surface area (Å²) in [6.45, 7) is 0.300. The van der Waals surface area contributed by atoms with E-state index in [1.54, 1.807) is 53.4 Å². The van der Waals surface area contributed by atoms with Gasteiger partial charge in [-0.3, -0.25) is 19.1 Å². The van der Waals surface area contributed by atoms with Gasteiger partial charge in [-0.1, -0.05) is 53.2 Å². The Hall–Kier alpha value is -2.87. The SMILES string of the molecule is O=C(CSc1nc2ccccc2c(=O)n1Cc1cccnc1)Nc1cc(Cl)ccc1Cl. The minimum Gasteiger partial charge on any atom is -0.324 e. The Bertz CT molecular complexity index is 1310. The highest BCUT2D eigenvalue weighted by Crippen LogP contribution is 2.26. The summed E-state index contributed by atoms with van der Waals surface area (Å²) in [5.74, 6) is -0.245. The normalized spacial score (nSPS) is 10.9. The lowest BCUT2D eigenvalue weighted by Gasteiger charge is -2.13. The van der Waals surface area contributed by atoms with E-state index in [2.05, 4.69) is 15.3 Å². The minimum atomic E-state index is -0.287. The van der Waals surface area contributed by atoms with Gasteiger partial charge in [-0.2, -0.15) is 0 Å². The van der Waals surface area contributed by atoms with Crippen LogP contribution in [0.15, 0.2) is 76.9 Å². The average Bonchev–Trinajstić information content (AvgIpc) is 2.78. The molecule has 0 saturated heterocycles. The highest BCUT2D eigenvalue weighted by molar-refractivity contribution is 7.99. The molecule has 0 radical (unpaired) electrons. The van der Waals surface area contributed by atoms with Gasteiger partial charge in [0.2, 0.25) is 5.91 Å². The number of benzene rings is 2. The zero-order valence-electron chi connectivity index (χ0n) is 16.1. The van der Waals surface area contributed by atoms with E-state index in [0.29, 0.717) is 38.3 Å². The first-order valence-electron chi connectivity index (χ1n) is 9.27. The summed E-state index contributed by atoms with van der Waals surface area (Å²) in [5.41, 5.74) is 1.70. The molecule has 4 rings (SSSR count). The van der Waals surface area contributed by atoms with Gasteiger partial charge >= 0.3 is 0 Å². The van der Waals surface area contributed by atoms with E-state index in [-0.39, 0.29) is 17.2 Å². The van der Waals surface area contributed by atoms with Crippen LogP contribution in [0.1, 0.15) is 5.56 Å². The van der Waals surface area contributed by atoms with Crippen LogP contribution in [0.5, 0.6) is 0 Å². The lowest BCUT2D eigenvalue weighted by atomic mass is 10.2. The molecule has 1 N–H and O–H groups in total. The Morgan fingerprint density at radius 3 is 2.74 bits per heavy atom. The maximum absolute atomic E-state index is 13.1. The molecule has 0 bridgehead atoms. The fourth-order valence-corrected chi connectivity index (χ4v) is 4.12. The fraction of sp³-hybridized carbons (Fsp3) is 0.0909. The van der Waals surface area contributed by atoms with Crippen LogP contribution < -0.4 is 10.9 Å². The molecule has 0 unspecified atom stereocenters. The highest BCUT2D eigenvalue weighted by atomic mass is 35.5. The van der Waals surface area contributed by atoms with Gasteiger partial charge in [0.15, 0.2) is 5.16 Å². The van der Waals surface area contributed by atoms with Crippen molar-refractivity contribution in [1.82, 2.24) is 14.5 Å². The van der Waals surface area contributed by atoms with Crippen molar-refractivity contribution in [3.63, 3.8) is 0 Å². The lowest BCUT2D eigenvalue weighted by molar-refractivity contribution is -0.113. The predicted octanol–water partition coefficient (Wildman–Crippen LogP) is 4.88. The van der Waals surface area contributed by atoms with E-state index in [1.807, 2.05) is 18.2 Å². The van der Waals surface area contributed by atoms with Crippen molar-refractivity contribution in [2.75, 3.05) is 11.1 Å². The van der Waals surface area contributed by atoms with Crippen molar-refractivity contribution in [2.24, 2.45) is 0 Å². The number of nitrogens with zero attached hydrogens (tertiary/aromatic N) is 3. The van der Waals surface area contributed by atoms with Crippen LogP contribution in [-0.4, -0.2) is 26.2 Å². The maximum Gasteiger partial charge on any atom is 0.262 e. The number of fused-ring (bicyclic) bond motifs is 1. The molecule has 0 spiro atoms. The van der Waals surface area contributed by atoms with Gasteiger partial charge in [-0.05, 0) is 42.0 Å². The highest BCUT2D eigenvalue weighted by Gasteiger charge is 2.14. The monoisotopic (exact) mass is 470 g/mol. The molecule has 4 aromatic rings. The van der Waals surface area contributed by atoms with E-state index in [0.717, 1.165) is 5.56 Å². The first kappa shape index (κ1) is 21.4. The van der Waals surface area contributed by atoms with E-state index >= 15 is 0 Å². The number of hydrogen-bond donors (Lipinski definition) is 1. The zero-order valence-corrected chi connectivity index (χ0v) is 18.4. The third kappa shape index (κ3) is 5.07. The van der Waals surface area contributed by atoms with Crippen LogP contribution in [0.25, 0.3) is 10.9 Å². The summed E-state index contributed by atoms with van der Waals surface area (Å²) >= 11 is 13.3. The van der Waals surface area contributed by atoms with Crippen molar-refractivity contribution >= 4 is 57.5 Å². The van der Waals surface area contributed by atoms with Crippen LogP contribution in [0.4, 0.5) is 5.69 Å². The maximum atomic E-state index is 13.1. The predicted molar refractivity (Wildman–Crippen MR) is 125 cm³/mol. The van der Waals surface area contributed by atoms with Crippen LogP contribution in [-0.2, 0) is 11.3 Å². The molecule has 31 heavy (non-hydrogen) atoms. The number of nitrogens with one attached hydrogen (secondary N) is 1.